The molecule has 0 aliphatic rings. The van der Waals surface area contributed by atoms with E-state index in [4.69, 9.17) is 11.6 Å². The Bertz CT molecular complexity index is 443. The molecule has 0 aliphatic carbocycles. The first-order valence-electron chi connectivity index (χ1n) is 3.88. The van der Waals surface area contributed by atoms with Crippen LogP contribution in [0.15, 0.2) is 27.6 Å². The molecule has 7 heteroatoms. The van der Waals surface area contributed by atoms with Crippen LogP contribution in [0, 0.1) is 0 Å². The van der Waals surface area contributed by atoms with Gasteiger partial charge in [-0.25, -0.2) is 8.42 Å². The molecule has 1 aromatic carbocycles. The topological polar surface area (TPSA) is 46.6 Å². The van der Waals surface area contributed by atoms with E-state index in [1.165, 1.54) is 20.2 Å². The van der Waals surface area contributed by atoms with Gasteiger partial charge in [0.2, 0.25) is 0 Å². The molecule has 0 heterocycles. The molecule has 0 fully saturated rings. The zero-order chi connectivity index (χ0) is 11.6. The summed E-state index contributed by atoms with van der Waals surface area (Å²) in [6, 6.07) is 4.75. The third-order valence-electron chi connectivity index (χ3n) is 1.77. The lowest BCUT2D eigenvalue weighted by Gasteiger charge is -2.15. The van der Waals surface area contributed by atoms with Gasteiger partial charge in [0, 0.05) is 11.5 Å². The molecule has 0 amide bonds. The fraction of sp³-hybridized carbons (Fsp3) is 0.250. The van der Waals surface area contributed by atoms with E-state index in [2.05, 4.69) is 20.8 Å². The number of hydrogen-bond donors (Lipinski definition) is 0. The van der Waals surface area contributed by atoms with Gasteiger partial charge < -0.3 is 0 Å². The average Bonchev–Trinajstić information content (AvgIpc) is 2.15. The summed E-state index contributed by atoms with van der Waals surface area (Å²) < 4.78 is 24.9. The van der Waals surface area contributed by atoms with Gasteiger partial charge in [0.05, 0.1) is 12.1 Å². The Balaban J connectivity index is 3.40. The van der Waals surface area contributed by atoms with Gasteiger partial charge in [-0.05, 0) is 28.1 Å². The molecule has 1 rings (SSSR count). The highest BCUT2D eigenvalue weighted by Crippen LogP contribution is 2.31. The zero-order valence-corrected chi connectivity index (χ0v) is 11.2. The standard InChI is InChI=1S/C8H9BrClNO3S/c1-11(14-2)15(12,13)8-6(9)4-3-5-7(8)10/h3-5H,1-2H3. The minimum absolute atomic E-state index is 0.00369. The molecule has 0 aromatic heterocycles. The first-order valence-corrected chi connectivity index (χ1v) is 6.49. The van der Waals surface area contributed by atoms with E-state index >= 15 is 0 Å². The largest absolute Gasteiger partial charge is 0.288 e. The Hall–Kier alpha value is -0.140. The van der Waals surface area contributed by atoms with Crippen LogP contribution in [-0.2, 0) is 14.9 Å². The lowest BCUT2D eigenvalue weighted by Crippen LogP contribution is -2.26. The molecule has 0 saturated heterocycles. The van der Waals surface area contributed by atoms with Crippen LogP contribution in [0.5, 0.6) is 0 Å². The maximum Gasteiger partial charge on any atom is 0.267 e. The predicted molar refractivity (Wildman–Crippen MR) is 61.1 cm³/mol. The number of nitrogens with zero attached hydrogens (tertiary/aromatic N) is 1. The lowest BCUT2D eigenvalue weighted by molar-refractivity contribution is -0.0258. The molecular weight excluding hydrogens is 306 g/mol. The minimum atomic E-state index is -3.72. The third kappa shape index (κ3) is 2.51. The van der Waals surface area contributed by atoms with Crippen LogP contribution in [0.4, 0.5) is 0 Å². The highest BCUT2D eigenvalue weighted by Gasteiger charge is 2.26. The number of halogens is 2. The Kier molecular flexibility index (Phi) is 4.13. The number of rotatable bonds is 3. The monoisotopic (exact) mass is 313 g/mol. The number of benzene rings is 1. The summed E-state index contributed by atoms with van der Waals surface area (Å²) in [6.45, 7) is 0. The fourth-order valence-corrected chi connectivity index (χ4v) is 3.60. The van der Waals surface area contributed by atoms with Gasteiger partial charge in [0.15, 0.2) is 0 Å². The summed E-state index contributed by atoms with van der Waals surface area (Å²) in [4.78, 5) is 4.64. The van der Waals surface area contributed by atoms with Crippen molar-refractivity contribution in [1.29, 1.82) is 0 Å². The van der Waals surface area contributed by atoms with Crippen molar-refractivity contribution >= 4 is 37.6 Å². The SMILES string of the molecule is CON(C)S(=O)(=O)c1c(Cl)cccc1Br. The van der Waals surface area contributed by atoms with E-state index in [1.807, 2.05) is 0 Å². The smallest absolute Gasteiger partial charge is 0.267 e. The highest BCUT2D eigenvalue weighted by atomic mass is 79.9. The highest BCUT2D eigenvalue weighted by molar-refractivity contribution is 9.10. The summed E-state index contributed by atoms with van der Waals surface area (Å²) >= 11 is 8.96. The third-order valence-corrected chi connectivity index (χ3v) is 4.90. The Morgan fingerprint density at radius 2 is 2.07 bits per heavy atom. The van der Waals surface area contributed by atoms with Crippen LogP contribution in [0.3, 0.4) is 0 Å². The molecule has 84 valence electrons. The zero-order valence-electron chi connectivity index (χ0n) is 8.07. The molecule has 0 saturated carbocycles. The molecule has 0 spiro atoms. The molecule has 0 atom stereocenters. The molecule has 4 nitrogen and oxygen atoms in total. The summed E-state index contributed by atoms with van der Waals surface area (Å²) in [6.07, 6.45) is 0. The fourth-order valence-electron chi connectivity index (χ4n) is 0.956. The molecule has 15 heavy (non-hydrogen) atoms. The molecular formula is C8H9BrClNO3S. The Morgan fingerprint density at radius 1 is 1.47 bits per heavy atom. The van der Waals surface area contributed by atoms with Crippen LogP contribution < -0.4 is 0 Å². The maximum atomic E-state index is 11.9. The summed E-state index contributed by atoms with van der Waals surface area (Å²) in [7, 11) is -1.16. The van der Waals surface area contributed by atoms with Gasteiger partial charge in [-0.3, -0.25) is 4.84 Å². The second-order valence-electron chi connectivity index (χ2n) is 2.65. The van der Waals surface area contributed by atoms with Crippen LogP contribution >= 0.6 is 27.5 Å². The van der Waals surface area contributed by atoms with Crippen molar-refractivity contribution in [2.24, 2.45) is 0 Å². The quantitative estimate of drug-likeness (QED) is 0.804. The van der Waals surface area contributed by atoms with Crippen LogP contribution in [0.1, 0.15) is 0 Å². The van der Waals surface area contributed by atoms with E-state index in [-0.39, 0.29) is 9.92 Å². The van der Waals surface area contributed by atoms with E-state index in [0.29, 0.717) is 4.47 Å². The second-order valence-corrected chi connectivity index (χ2v) is 5.78. The van der Waals surface area contributed by atoms with E-state index in [0.717, 1.165) is 4.47 Å². The Morgan fingerprint density at radius 3 is 2.53 bits per heavy atom. The van der Waals surface area contributed by atoms with Crippen LogP contribution in [-0.4, -0.2) is 27.0 Å². The molecule has 0 aliphatic heterocycles. The molecule has 0 radical (unpaired) electrons. The number of hydroxylamine groups is 1. The second kappa shape index (κ2) is 4.80. The van der Waals surface area contributed by atoms with Gasteiger partial charge in [-0.1, -0.05) is 22.1 Å². The number of sulfonamides is 1. The van der Waals surface area contributed by atoms with Gasteiger partial charge in [0.25, 0.3) is 10.0 Å². The van der Waals surface area contributed by atoms with E-state index < -0.39 is 10.0 Å². The maximum absolute atomic E-state index is 11.9. The van der Waals surface area contributed by atoms with Crippen LogP contribution in [0.25, 0.3) is 0 Å². The van der Waals surface area contributed by atoms with Crippen molar-refractivity contribution in [1.82, 2.24) is 4.47 Å². The van der Waals surface area contributed by atoms with E-state index in [1.54, 1.807) is 12.1 Å². The van der Waals surface area contributed by atoms with Crippen LogP contribution in [0.2, 0.25) is 5.02 Å². The first-order chi connectivity index (χ1) is 6.91. The van der Waals surface area contributed by atoms with Crippen molar-refractivity contribution in [3.05, 3.63) is 27.7 Å². The Labute approximate surface area is 102 Å². The number of hydrogen-bond acceptors (Lipinski definition) is 3. The molecule has 0 N–H and O–H groups in total. The summed E-state index contributed by atoms with van der Waals surface area (Å²) in [5.74, 6) is 0. The predicted octanol–water partition coefficient (Wildman–Crippen LogP) is 2.28. The van der Waals surface area contributed by atoms with Crippen molar-refractivity contribution < 1.29 is 13.3 Å². The average molecular weight is 315 g/mol. The van der Waals surface area contributed by atoms with Gasteiger partial charge in [-0.2, -0.15) is 0 Å². The van der Waals surface area contributed by atoms with Crippen molar-refractivity contribution in [3.63, 3.8) is 0 Å². The molecule has 0 unspecified atom stereocenters. The normalized spacial score (nSPS) is 12.1. The molecule has 1 aromatic rings. The minimum Gasteiger partial charge on any atom is -0.288 e. The van der Waals surface area contributed by atoms with Gasteiger partial charge >= 0.3 is 0 Å². The van der Waals surface area contributed by atoms with Crippen molar-refractivity contribution in [3.8, 4) is 0 Å². The van der Waals surface area contributed by atoms with Gasteiger partial charge in [0.1, 0.15) is 4.90 Å². The van der Waals surface area contributed by atoms with Crippen molar-refractivity contribution in [2.75, 3.05) is 14.2 Å². The lowest BCUT2D eigenvalue weighted by atomic mass is 10.4. The van der Waals surface area contributed by atoms with Crippen molar-refractivity contribution in [2.45, 2.75) is 4.90 Å². The van der Waals surface area contributed by atoms with E-state index in [9.17, 15) is 8.42 Å². The summed E-state index contributed by atoms with van der Waals surface area (Å²) in [5, 5.41) is 0.147. The van der Waals surface area contributed by atoms with Gasteiger partial charge in [-0.15, -0.1) is 0 Å². The first kappa shape index (κ1) is 12.9. The molecule has 0 bridgehead atoms. The summed E-state index contributed by atoms with van der Waals surface area (Å²) in [5.41, 5.74) is 0.